The van der Waals surface area contributed by atoms with Crippen molar-refractivity contribution in [1.82, 2.24) is 24.9 Å². The van der Waals surface area contributed by atoms with Gasteiger partial charge in [-0.1, -0.05) is 42.0 Å². The minimum Gasteiger partial charge on any atom is -0.657 e. The molecular weight excluding hydrogens is 928 g/mol. The number of hydrogen-bond donors (Lipinski definition) is 0. The van der Waals surface area contributed by atoms with Gasteiger partial charge in [0.2, 0.25) is 0 Å². The topological polar surface area (TPSA) is 78.6 Å². The van der Waals surface area contributed by atoms with Gasteiger partial charge in [-0.2, -0.15) is 26.3 Å². The molecule has 2 aliphatic rings. The van der Waals surface area contributed by atoms with Crippen molar-refractivity contribution >= 4 is 56.5 Å². The number of rotatable bonds is 3. The summed E-state index contributed by atoms with van der Waals surface area (Å²) >= 11 is 0. The molecule has 5 heterocycles. The van der Waals surface area contributed by atoms with E-state index in [1.54, 1.807) is 24.8 Å². The summed E-state index contributed by atoms with van der Waals surface area (Å²) in [5.41, 5.74) is 6.42. The van der Waals surface area contributed by atoms with Crippen molar-refractivity contribution in [3.8, 4) is 11.1 Å². The van der Waals surface area contributed by atoms with Gasteiger partial charge in [0.15, 0.2) is 0 Å². The van der Waals surface area contributed by atoms with Crippen LogP contribution in [0.25, 0.3) is 32.9 Å². The maximum Gasteiger partial charge on any atom is 4.00 e. The summed E-state index contributed by atoms with van der Waals surface area (Å²) in [6.45, 7) is 10.4. The minimum atomic E-state index is -4.56. The maximum atomic E-state index is 12.7. The van der Waals surface area contributed by atoms with Crippen LogP contribution in [0, 0.1) is 40.2 Å². The zero-order valence-corrected chi connectivity index (χ0v) is 33.1. The van der Waals surface area contributed by atoms with Gasteiger partial charge in [0.1, 0.15) is 23.3 Å². The van der Waals surface area contributed by atoms with Gasteiger partial charge in [-0.25, -0.2) is 19.9 Å². The molecule has 0 amide bonds. The molecule has 7 aromatic rings. The van der Waals surface area contributed by atoms with Crippen molar-refractivity contribution in [2.75, 3.05) is 33.7 Å². The van der Waals surface area contributed by atoms with Gasteiger partial charge in [-0.15, -0.1) is 59.5 Å². The van der Waals surface area contributed by atoms with Gasteiger partial charge in [-0.05, 0) is 74.5 Å². The Hall–Kier alpha value is -5.69. The average Bonchev–Trinajstić information content (AvgIpc) is 3.81. The molecule has 0 atom stereocenters. The molecule has 0 bridgehead atoms. The SMILES string of the molecule is Cc1cc(C)c(-c2cc(N3[CH-]N(C)c4nccnc43)[c-]c(N3[CH-]N(C)c4nccnc43)c2)c(C)c1.FC(F)(F)c1ccc2[n-]c3ccc(C(F)(F)F)cc3c2c1.[Pt+4]. The summed E-state index contributed by atoms with van der Waals surface area (Å²) in [5.74, 6) is 3.15. The van der Waals surface area contributed by atoms with Crippen molar-refractivity contribution in [2.24, 2.45) is 0 Å². The predicted molar refractivity (Wildman–Crippen MR) is 203 cm³/mol. The zero-order chi connectivity index (χ0) is 39.7. The van der Waals surface area contributed by atoms with Crippen LogP contribution in [0.15, 0.2) is 85.5 Å². The van der Waals surface area contributed by atoms with Crippen LogP contribution >= 0.6 is 0 Å². The van der Waals surface area contributed by atoms with Gasteiger partial charge in [0.05, 0.1) is 11.1 Å². The number of halogens is 6. The van der Waals surface area contributed by atoms with Crippen molar-refractivity contribution in [1.29, 1.82) is 0 Å². The molecule has 0 radical (unpaired) electrons. The van der Waals surface area contributed by atoms with E-state index in [4.69, 9.17) is 0 Å². The first-order valence-corrected chi connectivity index (χ1v) is 17.2. The van der Waals surface area contributed by atoms with Crippen LogP contribution in [0.2, 0.25) is 0 Å². The van der Waals surface area contributed by atoms with E-state index in [0.717, 1.165) is 76.6 Å². The quantitative estimate of drug-likeness (QED) is 0.127. The fraction of sp³-hybridized carbons (Fsp3) is 0.171. The fourth-order valence-electron chi connectivity index (χ4n) is 7.16. The molecule has 0 aliphatic carbocycles. The summed E-state index contributed by atoms with van der Waals surface area (Å²) in [4.78, 5) is 30.3. The molecule has 0 spiro atoms. The van der Waals surface area contributed by atoms with E-state index in [-0.39, 0.29) is 42.9 Å². The number of alkyl halides is 6. The number of fused-ring (bicyclic) bond motifs is 5. The van der Waals surface area contributed by atoms with Gasteiger partial charge >= 0.3 is 33.4 Å². The Balaban J connectivity index is 0.000000193. The van der Waals surface area contributed by atoms with E-state index in [1.807, 2.05) is 47.0 Å². The largest absolute Gasteiger partial charge is 4.00 e. The third kappa shape index (κ3) is 7.36. The fourth-order valence-corrected chi connectivity index (χ4v) is 7.16. The Kier molecular flexibility index (Phi) is 10.2. The van der Waals surface area contributed by atoms with Crippen molar-refractivity contribution in [3.05, 3.63) is 133 Å². The van der Waals surface area contributed by atoms with Crippen LogP contribution in [0.1, 0.15) is 27.8 Å². The number of nitrogens with zero attached hydrogens (tertiary/aromatic N) is 9. The first-order chi connectivity index (χ1) is 26.6. The van der Waals surface area contributed by atoms with E-state index in [0.29, 0.717) is 0 Å². The van der Waals surface area contributed by atoms with Crippen molar-refractivity contribution in [3.63, 3.8) is 0 Å². The van der Waals surface area contributed by atoms with Crippen LogP contribution in [-0.2, 0) is 33.4 Å². The van der Waals surface area contributed by atoms with E-state index >= 15 is 0 Å². The van der Waals surface area contributed by atoms with Gasteiger partial charge in [0, 0.05) is 24.8 Å². The molecule has 2 aliphatic heterocycles. The Morgan fingerprint density at radius 1 is 0.579 bits per heavy atom. The number of aryl methyl sites for hydroxylation is 3. The first-order valence-electron chi connectivity index (χ1n) is 17.2. The zero-order valence-electron chi connectivity index (χ0n) is 30.8. The number of benzene rings is 4. The molecule has 57 heavy (non-hydrogen) atoms. The van der Waals surface area contributed by atoms with Gasteiger partial charge in [-0.3, -0.25) is 0 Å². The van der Waals surface area contributed by atoms with Crippen LogP contribution in [0.4, 0.5) is 61.0 Å². The summed E-state index contributed by atoms with van der Waals surface area (Å²) in [6, 6.07) is 18.1. The molecule has 0 saturated carbocycles. The van der Waals surface area contributed by atoms with E-state index in [9.17, 15) is 26.3 Å². The van der Waals surface area contributed by atoms with Crippen LogP contribution in [0.5, 0.6) is 0 Å². The Bertz CT molecular complexity index is 2470. The summed E-state index contributed by atoms with van der Waals surface area (Å²) < 4.78 is 76.1. The smallest absolute Gasteiger partial charge is 0.657 e. The molecule has 4 aromatic carbocycles. The predicted octanol–water partition coefficient (Wildman–Crippen LogP) is 10.1. The number of hydrogen-bond acceptors (Lipinski definition) is 8. The monoisotopic (exact) mass is 958 g/mol. The van der Waals surface area contributed by atoms with E-state index in [2.05, 4.69) is 76.0 Å². The molecule has 292 valence electrons. The molecular formula is C41H31F6N9Pt. The second-order valence-corrected chi connectivity index (χ2v) is 13.6. The Morgan fingerprint density at radius 2 is 0.982 bits per heavy atom. The molecule has 0 N–H and O–H groups in total. The minimum absolute atomic E-state index is 0. The molecule has 9 rings (SSSR count). The third-order valence-electron chi connectivity index (χ3n) is 9.53. The molecule has 3 aromatic heterocycles. The molecule has 0 unspecified atom stereocenters. The van der Waals surface area contributed by atoms with Crippen molar-refractivity contribution < 1.29 is 47.4 Å². The second kappa shape index (κ2) is 14.7. The molecule has 9 nitrogen and oxygen atoms in total. The average molecular weight is 959 g/mol. The van der Waals surface area contributed by atoms with Gasteiger partial charge in [0.25, 0.3) is 0 Å². The first kappa shape index (κ1) is 39.5. The number of anilines is 6. The molecule has 0 saturated heterocycles. The third-order valence-corrected chi connectivity index (χ3v) is 9.53. The van der Waals surface area contributed by atoms with Gasteiger partial charge < -0.3 is 24.6 Å². The van der Waals surface area contributed by atoms with Crippen LogP contribution in [-0.4, -0.2) is 34.0 Å². The second-order valence-electron chi connectivity index (χ2n) is 13.6. The summed E-state index contributed by atoms with van der Waals surface area (Å²) in [5, 5.41) is 0.122. The Labute approximate surface area is 338 Å². The van der Waals surface area contributed by atoms with E-state index in [1.165, 1.54) is 22.3 Å². The van der Waals surface area contributed by atoms with E-state index < -0.39 is 23.5 Å². The normalized spacial score (nSPS) is 13.8. The van der Waals surface area contributed by atoms with Crippen LogP contribution < -0.4 is 24.6 Å². The Morgan fingerprint density at radius 3 is 1.39 bits per heavy atom. The maximum absolute atomic E-state index is 12.7. The standard InChI is InChI=1S/C27H25N8.C14H6F6N.Pt/c1-17-10-18(2)23(19(3)11-17)20-12-21(34-15-32(4)24-26(34)30-8-6-28-24)14-22(13-20)35-16-33(5)25-27(35)31-9-7-29-25;15-13(16,17)7-1-3-11-9(5-7)10-6-8(14(18,19)20)2-4-12(10)21-11;/h6-13,15-16H,1-5H3;1-6H;/q-3;-1;+4. The van der Waals surface area contributed by atoms with Crippen LogP contribution in [0.3, 0.4) is 0 Å². The summed E-state index contributed by atoms with van der Waals surface area (Å²) in [7, 11) is 3.95. The molecule has 0 fully saturated rings. The van der Waals surface area contributed by atoms with Crippen molar-refractivity contribution in [2.45, 2.75) is 33.1 Å². The molecule has 16 heteroatoms. The number of aromatic nitrogens is 5. The summed E-state index contributed by atoms with van der Waals surface area (Å²) in [6.07, 6.45) is -2.26.